The maximum atomic E-state index is 12.6. The zero-order chi connectivity index (χ0) is 16.5. The summed E-state index contributed by atoms with van der Waals surface area (Å²) in [4.78, 5) is 24.0. The van der Waals surface area contributed by atoms with Crippen LogP contribution in [0.4, 0.5) is 0 Å². The molecule has 1 aliphatic heterocycles. The molecule has 2 spiro atoms. The van der Waals surface area contributed by atoms with Gasteiger partial charge in [0, 0.05) is 12.5 Å². The second-order valence-electron chi connectivity index (χ2n) is 8.02. The predicted molar refractivity (Wildman–Crippen MR) is 81.8 cm³/mol. The molecule has 3 unspecified atom stereocenters. The average molecular weight is 324 g/mol. The van der Waals surface area contributed by atoms with Gasteiger partial charge in [-0.1, -0.05) is 6.07 Å². The van der Waals surface area contributed by atoms with Crippen LogP contribution in [0.2, 0.25) is 0 Å². The van der Waals surface area contributed by atoms with E-state index in [4.69, 9.17) is 9.47 Å². The second kappa shape index (κ2) is 3.45. The van der Waals surface area contributed by atoms with Crippen molar-refractivity contribution in [3.8, 4) is 11.5 Å². The van der Waals surface area contributed by atoms with Crippen molar-refractivity contribution in [2.24, 2.45) is 11.3 Å². The number of fused-ring (bicyclic) bond motifs is 1. The summed E-state index contributed by atoms with van der Waals surface area (Å²) in [6.07, 6.45) is 5.12. The maximum Gasteiger partial charge on any atom is 0.308 e. The van der Waals surface area contributed by atoms with E-state index < -0.39 is 23.1 Å². The number of hydrogen-bond donors (Lipinski definition) is 1. The molecule has 0 amide bonds. The van der Waals surface area contributed by atoms with Crippen molar-refractivity contribution in [3.63, 3.8) is 0 Å². The summed E-state index contributed by atoms with van der Waals surface area (Å²) in [6, 6.07) is 3.72. The van der Waals surface area contributed by atoms with E-state index in [-0.39, 0.29) is 17.1 Å². The van der Waals surface area contributed by atoms with E-state index in [9.17, 15) is 14.7 Å². The summed E-state index contributed by atoms with van der Waals surface area (Å²) < 4.78 is 11.4. The molecule has 1 aromatic carbocycles. The van der Waals surface area contributed by atoms with Crippen LogP contribution in [0, 0.1) is 11.3 Å². The summed E-state index contributed by atoms with van der Waals surface area (Å²) in [5.74, 6) is 0.449. The number of ether oxygens (including phenoxy) is 2. The lowest BCUT2D eigenvalue weighted by atomic mass is 9.57. The van der Waals surface area contributed by atoms with Crippen LogP contribution < -0.4 is 9.47 Å². The van der Waals surface area contributed by atoms with Crippen LogP contribution >= 0.6 is 0 Å². The van der Waals surface area contributed by atoms with Gasteiger partial charge >= 0.3 is 5.97 Å². The molecule has 6 rings (SSSR count). The molecule has 1 aromatic rings. The van der Waals surface area contributed by atoms with Crippen LogP contribution in [-0.2, 0) is 21.4 Å². The molecule has 0 radical (unpaired) electrons. The number of aliphatic hydroxyl groups is 1. The number of benzene rings is 1. The van der Waals surface area contributed by atoms with E-state index in [0.717, 1.165) is 30.4 Å². The first-order valence-electron chi connectivity index (χ1n) is 8.38. The monoisotopic (exact) mass is 324 g/mol. The summed E-state index contributed by atoms with van der Waals surface area (Å²) >= 11 is 0. The number of rotatable bonds is 1. The van der Waals surface area contributed by atoms with E-state index >= 15 is 0 Å². The zero-order valence-electron chi connectivity index (χ0n) is 13.2. The predicted octanol–water partition coefficient (Wildman–Crippen LogP) is 1.45. The van der Waals surface area contributed by atoms with E-state index in [1.165, 1.54) is 13.0 Å². The molecule has 24 heavy (non-hydrogen) atoms. The second-order valence-corrected chi connectivity index (χ2v) is 8.02. The molecule has 122 valence electrons. The Kier molecular flexibility index (Phi) is 1.89. The van der Waals surface area contributed by atoms with Gasteiger partial charge in [-0.05, 0) is 54.4 Å². The molecule has 2 fully saturated rings. The fourth-order valence-electron chi connectivity index (χ4n) is 6.21. The molecule has 0 aromatic heterocycles. The molecule has 5 nitrogen and oxygen atoms in total. The minimum absolute atomic E-state index is 0.0862. The van der Waals surface area contributed by atoms with Gasteiger partial charge in [-0.2, -0.15) is 0 Å². The number of esters is 1. The van der Waals surface area contributed by atoms with Crippen LogP contribution in [0.3, 0.4) is 0 Å². The molecular formula is C19H16O5. The van der Waals surface area contributed by atoms with E-state index in [1.807, 2.05) is 6.07 Å². The first-order valence-corrected chi connectivity index (χ1v) is 8.38. The molecule has 0 saturated heterocycles. The molecule has 2 bridgehead atoms. The van der Waals surface area contributed by atoms with Gasteiger partial charge in [-0.15, -0.1) is 0 Å². The summed E-state index contributed by atoms with van der Waals surface area (Å²) in [7, 11) is 0. The molecule has 1 heterocycles. The van der Waals surface area contributed by atoms with Gasteiger partial charge in [0.2, 0.25) is 0 Å². The van der Waals surface area contributed by atoms with Crippen molar-refractivity contribution in [2.75, 3.05) is 0 Å². The van der Waals surface area contributed by atoms with E-state index in [0.29, 0.717) is 11.5 Å². The van der Waals surface area contributed by atoms with Crippen molar-refractivity contribution < 1.29 is 24.2 Å². The zero-order valence-corrected chi connectivity index (χ0v) is 13.2. The third kappa shape index (κ3) is 1.11. The molecule has 4 aliphatic carbocycles. The van der Waals surface area contributed by atoms with Crippen LogP contribution in [0.1, 0.15) is 30.9 Å². The smallest absolute Gasteiger partial charge is 0.308 e. The van der Waals surface area contributed by atoms with E-state index in [1.54, 1.807) is 12.1 Å². The molecule has 5 heteroatoms. The first-order chi connectivity index (χ1) is 11.4. The molecule has 1 N–H and O–H groups in total. The third-order valence-corrected chi connectivity index (χ3v) is 6.96. The van der Waals surface area contributed by atoms with Gasteiger partial charge < -0.3 is 14.6 Å². The van der Waals surface area contributed by atoms with Gasteiger partial charge in [0.25, 0.3) is 0 Å². The number of carbonyl (C=O) groups is 2. The minimum atomic E-state index is -1.04. The lowest BCUT2D eigenvalue weighted by molar-refractivity contribution is -0.132. The largest absolute Gasteiger partial charge is 0.477 e. The third-order valence-electron chi connectivity index (χ3n) is 6.96. The fourth-order valence-corrected chi connectivity index (χ4v) is 6.21. The fraction of sp³-hybridized carbons (Fsp3) is 0.474. The standard InChI is InChI=1S/C19H16O5/c1-9(20)23-12-3-2-10-6-17-7-13(17)19(22)5-4-11(21)16-18(19,8-17)14(10)15(12)24-16/h2-5,13,16,22H,6-8H2,1H3/t13-,16?,17?,18?,19-/m1/s1. The SMILES string of the molecule is CC(=O)Oc1ccc2c3c1OC1C(=O)C=C[C@@]4(O)[C@@H]5CC5(C2)CC314. The van der Waals surface area contributed by atoms with Crippen LogP contribution in [-0.4, -0.2) is 28.6 Å². The van der Waals surface area contributed by atoms with Crippen molar-refractivity contribution >= 4 is 11.8 Å². The lowest BCUT2D eigenvalue weighted by Gasteiger charge is -2.46. The highest BCUT2D eigenvalue weighted by molar-refractivity contribution is 5.99. The highest BCUT2D eigenvalue weighted by Crippen LogP contribution is 2.81. The Morgan fingerprint density at radius 3 is 3.04 bits per heavy atom. The Morgan fingerprint density at radius 2 is 2.25 bits per heavy atom. The summed E-state index contributed by atoms with van der Waals surface area (Å²) in [5, 5.41) is 11.6. The van der Waals surface area contributed by atoms with Crippen LogP contribution in [0.15, 0.2) is 24.3 Å². The van der Waals surface area contributed by atoms with Crippen molar-refractivity contribution in [1.82, 2.24) is 0 Å². The van der Waals surface area contributed by atoms with Gasteiger partial charge in [0.1, 0.15) is 5.60 Å². The molecule has 2 saturated carbocycles. The number of carbonyl (C=O) groups excluding carboxylic acids is 2. The van der Waals surface area contributed by atoms with E-state index in [2.05, 4.69) is 0 Å². The summed E-state index contributed by atoms with van der Waals surface area (Å²) in [6.45, 7) is 1.34. The maximum absolute atomic E-state index is 12.6. The molecule has 5 aliphatic rings. The molecule has 5 atom stereocenters. The Balaban J connectivity index is 1.68. The first kappa shape index (κ1) is 13.2. The van der Waals surface area contributed by atoms with Gasteiger partial charge in [-0.25, -0.2) is 0 Å². The normalized spacial score (nSPS) is 44.7. The number of hydrogen-bond acceptors (Lipinski definition) is 5. The quantitative estimate of drug-likeness (QED) is 0.625. The van der Waals surface area contributed by atoms with Crippen LogP contribution in [0.5, 0.6) is 11.5 Å². The Hall–Kier alpha value is -2.14. The Bertz CT molecular complexity index is 901. The number of ketones is 1. The average Bonchev–Trinajstić information content (AvgIpc) is 3.02. The minimum Gasteiger partial charge on any atom is -0.477 e. The van der Waals surface area contributed by atoms with Crippen molar-refractivity contribution in [2.45, 2.75) is 43.3 Å². The lowest BCUT2D eigenvalue weighted by Crippen LogP contribution is -2.60. The summed E-state index contributed by atoms with van der Waals surface area (Å²) in [5.41, 5.74) is 0.334. The van der Waals surface area contributed by atoms with Gasteiger partial charge in [-0.3, -0.25) is 9.59 Å². The topological polar surface area (TPSA) is 72.8 Å². The van der Waals surface area contributed by atoms with Gasteiger partial charge in [0.05, 0.1) is 5.41 Å². The Morgan fingerprint density at radius 1 is 1.42 bits per heavy atom. The Labute approximate surface area is 138 Å². The van der Waals surface area contributed by atoms with Crippen molar-refractivity contribution in [1.29, 1.82) is 0 Å². The highest BCUT2D eigenvalue weighted by atomic mass is 16.6. The molecular weight excluding hydrogens is 308 g/mol. The van der Waals surface area contributed by atoms with Gasteiger partial charge in [0.15, 0.2) is 23.4 Å². The highest BCUT2D eigenvalue weighted by Gasteiger charge is 2.84. The van der Waals surface area contributed by atoms with Crippen LogP contribution in [0.25, 0.3) is 0 Å². The van der Waals surface area contributed by atoms with Crippen molar-refractivity contribution in [3.05, 3.63) is 35.4 Å².